The van der Waals surface area contributed by atoms with Crippen LogP contribution >= 0.6 is 0 Å². The molecule has 0 aromatic rings. The van der Waals surface area contributed by atoms with Gasteiger partial charge in [0.15, 0.2) is 0 Å². The van der Waals surface area contributed by atoms with Crippen LogP contribution in [0.25, 0.3) is 0 Å². The number of methoxy groups -OCH3 is 1. The molecule has 7 N–H and O–H groups in total. The van der Waals surface area contributed by atoms with Crippen molar-refractivity contribution in [2.75, 3.05) is 105 Å². The van der Waals surface area contributed by atoms with Gasteiger partial charge in [-0.1, -0.05) is 73.1 Å². The summed E-state index contributed by atoms with van der Waals surface area (Å²) in [6.45, 7) is 30.3. The van der Waals surface area contributed by atoms with Crippen LogP contribution in [0.1, 0.15) is 169 Å². The van der Waals surface area contributed by atoms with E-state index in [1.54, 1.807) is 7.11 Å². The van der Waals surface area contributed by atoms with E-state index in [1.807, 2.05) is 0 Å². The summed E-state index contributed by atoms with van der Waals surface area (Å²) in [5, 5.41) is 0. The Labute approximate surface area is 397 Å². The van der Waals surface area contributed by atoms with Crippen molar-refractivity contribution < 1.29 is 39.0 Å². The zero-order chi connectivity index (χ0) is 46.7. The maximum absolute atomic E-state index is 5.09. The first-order valence-corrected chi connectivity index (χ1v) is 27.5. The van der Waals surface area contributed by atoms with Gasteiger partial charge in [0.2, 0.25) is 0 Å². The zero-order valence-electron chi connectivity index (χ0n) is 43.8. The highest BCUT2D eigenvalue weighted by Gasteiger charge is 2.18. The summed E-state index contributed by atoms with van der Waals surface area (Å²) in [5.41, 5.74) is 0. The molecule has 0 aromatic heterocycles. The van der Waals surface area contributed by atoms with E-state index in [1.165, 1.54) is 261 Å². The summed E-state index contributed by atoms with van der Waals surface area (Å²) >= 11 is 0. The molecule has 8 heteroatoms. The van der Waals surface area contributed by atoms with E-state index < -0.39 is 0 Å². The monoisotopic (exact) mass is 892 g/mol. The lowest BCUT2D eigenvalue weighted by molar-refractivity contribution is -0.860. The maximum Gasteiger partial charge on any atom is 0.0533 e. The molecular weight excluding hydrogens is 775 g/mol. The number of piperidine rings is 7. The van der Waals surface area contributed by atoms with Crippen molar-refractivity contribution >= 4 is 0 Å². The summed E-state index contributed by atoms with van der Waals surface area (Å²) in [7, 11) is 29.6. The van der Waals surface area contributed by atoms with Gasteiger partial charge < -0.3 is 39.0 Å². The van der Waals surface area contributed by atoms with Crippen LogP contribution in [0.2, 0.25) is 0 Å². The molecule has 0 amide bonds. The molecule has 0 unspecified atom stereocenters. The Balaban J connectivity index is 0.000000368. The minimum atomic E-state index is 0.801. The van der Waals surface area contributed by atoms with Gasteiger partial charge in [-0.2, -0.15) is 49.3 Å². The van der Waals surface area contributed by atoms with Crippen LogP contribution in [0, 0.1) is 84.8 Å². The normalized spacial score (nSPS) is 34.6. The van der Waals surface area contributed by atoms with Crippen LogP contribution in [-0.4, -0.2) is 105 Å². The van der Waals surface area contributed by atoms with Crippen molar-refractivity contribution in [3.8, 4) is 0 Å². The molecular formula is C55H117N7O. The second-order valence-corrected chi connectivity index (χ2v) is 21.6. The minimum absolute atomic E-state index is 0.801. The lowest BCUT2D eigenvalue weighted by atomic mass is 9.93. The Morgan fingerprint density at radius 2 is 0.603 bits per heavy atom. The van der Waals surface area contributed by atoms with Crippen molar-refractivity contribution in [3.63, 3.8) is 0 Å². The largest absolute Gasteiger partial charge is 0.468 e. The molecule has 378 valence electrons. The third-order valence-corrected chi connectivity index (χ3v) is 15.6. The predicted octanol–water partition coefficient (Wildman–Crippen LogP) is 2.37. The van der Waals surface area contributed by atoms with Gasteiger partial charge in [-0.25, -0.2) is 0 Å². The highest BCUT2D eigenvalue weighted by Crippen LogP contribution is 2.17. The van der Waals surface area contributed by atoms with Crippen LogP contribution < -0.4 is 34.3 Å². The second kappa shape index (κ2) is 39.7. The number of hydrogen-bond acceptors (Lipinski definition) is 1. The van der Waals surface area contributed by atoms with Gasteiger partial charge in [0.1, 0.15) is 0 Å². The summed E-state index contributed by atoms with van der Waals surface area (Å²) < 4.78 is 5.09. The van der Waals surface area contributed by atoms with E-state index in [9.17, 15) is 0 Å². The first kappa shape index (κ1) is 60.7. The molecule has 0 spiro atoms. The summed E-state index contributed by atoms with van der Waals surface area (Å²) in [6.07, 6.45) is 29.1. The molecule has 7 heterocycles. The number of likely N-dealkylation sites (tertiary alicyclic amines) is 7. The highest BCUT2D eigenvalue weighted by atomic mass is 16.5. The number of nitrogens with one attached hydrogen (secondary N) is 7. The molecule has 7 fully saturated rings. The van der Waals surface area contributed by atoms with Gasteiger partial charge in [-0.05, 0) is 132 Å². The van der Waals surface area contributed by atoms with Gasteiger partial charge in [-0.15, -0.1) is 0 Å². The smallest absolute Gasteiger partial charge is 0.0533 e. The van der Waals surface area contributed by atoms with Crippen LogP contribution in [0.4, 0.5) is 0 Å². The lowest BCUT2D eigenvalue weighted by Gasteiger charge is -2.30. The van der Waals surface area contributed by atoms with Gasteiger partial charge in [0.05, 0.1) is 91.6 Å². The fraction of sp³-hybridized carbons (Fsp3) is 0.873. The van der Waals surface area contributed by atoms with Gasteiger partial charge in [-0.3, -0.25) is 0 Å². The highest BCUT2D eigenvalue weighted by molar-refractivity contribution is 4.63. The molecule has 0 atom stereocenters. The molecule has 0 saturated carbocycles. The molecule has 63 heavy (non-hydrogen) atoms. The average Bonchev–Trinajstić information content (AvgIpc) is 3.29. The Bertz CT molecular complexity index is 846. The molecule has 0 aromatic carbocycles. The predicted molar refractivity (Wildman–Crippen MR) is 271 cm³/mol. The van der Waals surface area contributed by atoms with Crippen molar-refractivity contribution in [2.24, 2.45) is 35.5 Å². The molecule has 7 rings (SSSR count). The van der Waals surface area contributed by atoms with Gasteiger partial charge in [0, 0.05) is 13.7 Å². The quantitative estimate of drug-likeness (QED) is 0.189. The van der Waals surface area contributed by atoms with Crippen molar-refractivity contribution in [2.45, 2.75) is 169 Å². The van der Waals surface area contributed by atoms with Crippen molar-refractivity contribution in [1.29, 1.82) is 0 Å². The third kappa shape index (κ3) is 33.7. The average molecular weight is 893 g/mol. The van der Waals surface area contributed by atoms with Gasteiger partial charge >= 0.3 is 0 Å². The molecule has 0 aliphatic carbocycles. The summed E-state index contributed by atoms with van der Waals surface area (Å²) in [4.78, 5) is 10.3. The molecule has 7 aliphatic rings. The number of hydrogen-bond donors (Lipinski definition) is 7. The Morgan fingerprint density at radius 1 is 0.349 bits per heavy atom. The second-order valence-electron chi connectivity index (χ2n) is 21.6. The van der Waals surface area contributed by atoms with E-state index in [4.69, 9.17) is 4.74 Å². The standard InChI is InChI=1S/2C9H19N.C8H17NO.2C8H17N.C7H15N.C6H13N/c2*1-3-4-9-5-7-10(2)8-6-9;1-9-5-3-8(4-6-9)7-10-2;2*1-3-8-4-6-9(2)7-5-8;1-7-3-5-8(2)6-4-7;1-7-5-3-2-4-6-7/h2*9-10H,2-8H2,1H3;8-9H,1,3-7H2,2H3;2*8-9H,2-7H2,1H3;7-8H,2-6H2,1H3;7H,1-6H2. The van der Waals surface area contributed by atoms with E-state index in [2.05, 4.69) is 84.0 Å². The number of ether oxygens (including phenoxy) is 1. The molecule has 0 radical (unpaired) electrons. The van der Waals surface area contributed by atoms with E-state index in [0.717, 1.165) is 42.1 Å². The molecule has 7 aliphatic heterocycles. The minimum Gasteiger partial charge on any atom is -0.468 e. The Morgan fingerprint density at radius 3 is 0.825 bits per heavy atom. The van der Waals surface area contributed by atoms with Crippen molar-refractivity contribution in [3.05, 3.63) is 49.3 Å². The fourth-order valence-corrected chi connectivity index (χ4v) is 10.3. The van der Waals surface area contributed by atoms with E-state index >= 15 is 0 Å². The molecule has 7 saturated heterocycles. The molecule has 8 nitrogen and oxygen atoms in total. The third-order valence-electron chi connectivity index (χ3n) is 15.6. The molecule has 0 bridgehead atoms. The first-order chi connectivity index (χ1) is 30.3. The number of rotatable bonds is 8. The fourth-order valence-electron chi connectivity index (χ4n) is 10.3. The van der Waals surface area contributed by atoms with Crippen LogP contribution in [0.5, 0.6) is 0 Å². The van der Waals surface area contributed by atoms with Crippen LogP contribution in [-0.2, 0) is 4.74 Å². The van der Waals surface area contributed by atoms with Crippen LogP contribution in [0.3, 0.4) is 0 Å². The lowest BCUT2D eigenvalue weighted by Crippen LogP contribution is -3.08. The summed E-state index contributed by atoms with van der Waals surface area (Å²) in [6, 6.07) is 0. The maximum atomic E-state index is 5.09. The van der Waals surface area contributed by atoms with E-state index in [-0.39, 0.29) is 0 Å². The topological polar surface area (TPSA) is 40.3 Å². The van der Waals surface area contributed by atoms with Crippen molar-refractivity contribution in [1.82, 2.24) is 0 Å². The van der Waals surface area contributed by atoms with E-state index in [0.29, 0.717) is 0 Å². The zero-order valence-corrected chi connectivity index (χ0v) is 43.8. The first-order valence-electron chi connectivity index (χ1n) is 27.5. The SMILES string of the molecule is [CH2-][NH+]1CCC(C)CC1.[CH2-][NH+]1CCC(CC)CC1.[CH2-][NH+]1CCC(CC)CC1.[CH2-][NH+]1CCC(CCC)CC1.[CH2-][NH+]1CCC(CCC)CC1.[CH2-][NH+]1CCC(COC)CC1.[CH2-][NH+]1CCCCC1. The number of quaternary nitrogens is 7. The van der Waals surface area contributed by atoms with Crippen LogP contribution in [0.15, 0.2) is 0 Å². The Hall–Kier alpha value is -0.320. The van der Waals surface area contributed by atoms with Gasteiger partial charge in [0.25, 0.3) is 0 Å². The Kier molecular flexibility index (Phi) is 38.2. The summed E-state index contributed by atoms with van der Waals surface area (Å²) in [5.74, 6) is 5.83.